The molecule has 1 aromatic carbocycles. The van der Waals surface area contributed by atoms with Crippen LogP contribution in [0.25, 0.3) is 0 Å². The molecule has 0 spiro atoms. The molecule has 118 valence electrons. The van der Waals surface area contributed by atoms with Gasteiger partial charge in [-0.3, -0.25) is 4.90 Å². The Morgan fingerprint density at radius 1 is 1.24 bits per heavy atom. The molecule has 1 aliphatic rings. The first-order valence-corrected chi connectivity index (χ1v) is 8.63. The Labute approximate surface area is 126 Å². The van der Waals surface area contributed by atoms with E-state index in [9.17, 15) is 8.42 Å². The third-order valence-electron chi connectivity index (χ3n) is 3.65. The largest absolute Gasteiger partial charge is 0.379 e. The van der Waals surface area contributed by atoms with Crippen LogP contribution in [0.2, 0.25) is 0 Å². The molecule has 1 aromatic rings. The van der Waals surface area contributed by atoms with E-state index in [-0.39, 0.29) is 6.04 Å². The maximum atomic E-state index is 11.6. The summed E-state index contributed by atoms with van der Waals surface area (Å²) >= 11 is 0. The first-order valence-electron chi connectivity index (χ1n) is 7.14. The number of rotatable bonds is 7. The standard InChI is InChI=1S/C14H23N3O3S/c1-15-21(18,19)16-12-14(17-7-9-20-10-8-17)11-13-5-3-2-4-6-13/h2-6,14-16H,7-12H2,1H3. The van der Waals surface area contributed by atoms with Crippen molar-refractivity contribution in [2.75, 3.05) is 39.9 Å². The van der Waals surface area contributed by atoms with Gasteiger partial charge in [-0.2, -0.15) is 8.42 Å². The summed E-state index contributed by atoms with van der Waals surface area (Å²) in [4.78, 5) is 2.29. The summed E-state index contributed by atoms with van der Waals surface area (Å²) in [6.45, 7) is 3.45. The normalized spacial score (nSPS) is 18.5. The van der Waals surface area contributed by atoms with Crippen molar-refractivity contribution >= 4 is 10.2 Å². The van der Waals surface area contributed by atoms with E-state index in [1.165, 1.54) is 12.6 Å². The predicted octanol–water partition coefficient (Wildman–Crippen LogP) is -0.0163. The molecule has 0 aromatic heterocycles. The van der Waals surface area contributed by atoms with Crippen LogP contribution in [-0.2, 0) is 21.4 Å². The van der Waals surface area contributed by atoms with Crippen molar-refractivity contribution in [2.24, 2.45) is 0 Å². The van der Waals surface area contributed by atoms with Crippen LogP contribution in [0.4, 0.5) is 0 Å². The summed E-state index contributed by atoms with van der Waals surface area (Å²) in [5.41, 5.74) is 1.21. The molecule has 7 heteroatoms. The first kappa shape index (κ1) is 16.4. The molecule has 0 amide bonds. The Hall–Kier alpha value is -0.990. The first-order chi connectivity index (χ1) is 10.1. The van der Waals surface area contributed by atoms with E-state index in [0.717, 1.165) is 19.5 Å². The lowest BCUT2D eigenvalue weighted by atomic mass is 10.0. The highest BCUT2D eigenvalue weighted by Gasteiger charge is 2.22. The SMILES string of the molecule is CNS(=O)(=O)NCC(Cc1ccccc1)N1CCOCC1. The highest BCUT2D eigenvalue weighted by Crippen LogP contribution is 2.11. The maximum absolute atomic E-state index is 11.6. The predicted molar refractivity (Wildman–Crippen MR) is 82.3 cm³/mol. The summed E-state index contributed by atoms with van der Waals surface area (Å²) in [6.07, 6.45) is 0.813. The summed E-state index contributed by atoms with van der Waals surface area (Å²) in [7, 11) is -2.00. The van der Waals surface area contributed by atoms with Crippen molar-refractivity contribution in [3.63, 3.8) is 0 Å². The molecular weight excluding hydrogens is 290 g/mol. The highest BCUT2D eigenvalue weighted by molar-refractivity contribution is 7.87. The quantitative estimate of drug-likeness (QED) is 0.742. The average molecular weight is 313 g/mol. The summed E-state index contributed by atoms with van der Waals surface area (Å²) in [6, 6.07) is 10.3. The van der Waals surface area contributed by atoms with Gasteiger partial charge in [0.2, 0.25) is 0 Å². The number of nitrogens with zero attached hydrogens (tertiary/aromatic N) is 1. The van der Waals surface area contributed by atoms with Crippen LogP contribution < -0.4 is 9.44 Å². The van der Waals surface area contributed by atoms with Gasteiger partial charge in [0, 0.05) is 32.7 Å². The molecule has 1 aliphatic heterocycles. The topological polar surface area (TPSA) is 70.7 Å². The van der Waals surface area contributed by atoms with E-state index in [2.05, 4.69) is 26.5 Å². The van der Waals surface area contributed by atoms with Crippen molar-refractivity contribution in [3.8, 4) is 0 Å². The lowest BCUT2D eigenvalue weighted by Gasteiger charge is -2.34. The second-order valence-corrected chi connectivity index (χ2v) is 6.75. The van der Waals surface area contributed by atoms with E-state index in [0.29, 0.717) is 19.8 Å². The molecule has 0 bridgehead atoms. The molecule has 1 saturated heterocycles. The fraction of sp³-hybridized carbons (Fsp3) is 0.571. The molecule has 1 fully saturated rings. The van der Waals surface area contributed by atoms with Crippen molar-refractivity contribution in [1.82, 2.24) is 14.3 Å². The maximum Gasteiger partial charge on any atom is 0.276 e. The number of benzene rings is 1. The molecular formula is C14H23N3O3S. The zero-order valence-electron chi connectivity index (χ0n) is 12.3. The minimum atomic E-state index is -3.40. The molecule has 6 nitrogen and oxygen atoms in total. The van der Waals surface area contributed by atoms with Crippen LogP contribution in [-0.4, -0.2) is 59.3 Å². The lowest BCUT2D eigenvalue weighted by Crippen LogP contribution is -2.50. The molecule has 1 unspecified atom stereocenters. The van der Waals surface area contributed by atoms with Crippen molar-refractivity contribution in [1.29, 1.82) is 0 Å². The molecule has 0 aliphatic carbocycles. The van der Waals surface area contributed by atoms with Gasteiger partial charge in [-0.05, 0) is 12.0 Å². The Balaban J connectivity index is 2.02. The Bertz CT molecular complexity index is 516. The van der Waals surface area contributed by atoms with Gasteiger partial charge in [0.05, 0.1) is 13.2 Å². The zero-order valence-corrected chi connectivity index (χ0v) is 13.1. The fourth-order valence-corrected chi connectivity index (χ4v) is 2.99. The number of ether oxygens (including phenoxy) is 1. The van der Waals surface area contributed by atoms with E-state index in [1.54, 1.807) is 0 Å². The highest BCUT2D eigenvalue weighted by atomic mass is 32.2. The van der Waals surface area contributed by atoms with E-state index < -0.39 is 10.2 Å². The van der Waals surface area contributed by atoms with Crippen LogP contribution in [0.15, 0.2) is 30.3 Å². The van der Waals surface area contributed by atoms with Crippen molar-refractivity contribution in [2.45, 2.75) is 12.5 Å². The van der Waals surface area contributed by atoms with Gasteiger partial charge in [0.15, 0.2) is 0 Å². The van der Waals surface area contributed by atoms with Gasteiger partial charge in [0.1, 0.15) is 0 Å². The van der Waals surface area contributed by atoms with Crippen LogP contribution in [0, 0.1) is 0 Å². The summed E-state index contributed by atoms with van der Waals surface area (Å²) in [5, 5.41) is 0. The number of morpholine rings is 1. The Morgan fingerprint density at radius 2 is 1.90 bits per heavy atom. The van der Waals surface area contributed by atoms with Gasteiger partial charge in [-0.15, -0.1) is 0 Å². The number of hydrogen-bond donors (Lipinski definition) is 2. The van der Waals surface area contributed by atoms with Crippen molar-refractivity contribution < 1.29 is 13.2 Å². The van der Waals surface area contributed by atoms with Crippen LogP contribution in [0.1, 0.15) is 5.56 Å². The van der Waals surface area contributed by atoms with Gasteiger partial charge in [-0.1, -0.05) is 30.3 Å². The monoisotopic (exact) mass is 313 g/mol. The van der Waals surface area contributed by atoms with Gasteiger partial charge < -0.3 is 4.74 Å². The van der Waals surface area contributed by atoms with E-state index in [4.69, 9.17) is 4.74 Å². The van der Waals surface area contributed by atoms with Gasteiger partial charge >= 0.3 is 0 Å². The van der Waals surface area contributed by atoms with Crippen LogP contribution >= 0.6 is 0 Å². The minimum Gasteiger partial charge on any atom is -0.379 e. The van der Waals surface area contributed by atoms with Crippen LogP contribution in [0.5, 0.6) is 0 Å². The second kappa shape index (κ2) is 7.86. The van der Waals surface area contributed by atoms with E-state index in [1.807, 2.05) is 18.2 Å². The third-order valence-corrected chi connectivity index (χ3v) is 4.74. The molecule has 2 rings (SSSR count). The van der Waals surface area contributed by atoms with Crippen molar-refractivity contribution in [3.05, 3.63) is 35.9 Å². The molecule has 0 radical (unpaired) electrons. The molecule has 2 N–H and O–H groups in total. The summed E-state index contributed by atoms with van der Waals surface area (Å²) in [5.74, 6) is 0. The third kappa shape index (κ3) is 5.37. The number of nitrogens with one attached hydrogen (secondary N) is 2. The Kier molecular flexibility index (Phi) is 6.13. The molecule has 1 atom stereocenters. The molecule has 21 heavy (non-hydrogen) atoms. The van der Waals surface area contributed by atoms with Gasteiger partial charge in [-0.25, -0.2) is 9.44 Å². The van der Waals surface area contributed by atoms with Crippen LogP contribution in [0.3, 0.4) is 0 Å². The van der Waals surface area contributed by atoms with Gasteiger partial charge in [0.25, 0.3) is 10.2 Å². The zero-order chi connectivity index (χ0) is 15.1. The average Bonchev–Trinajstić information content (AvgIpc) is 2.53. The smallest absolute Gasteiger partial charge is 0.276 e. The minimum absolute atomic E-state index is 0.124. The Morgan fingerprint density at radius 3 is 2.52 bits per heavy atom. The molecule has 1 heterocycles. The van der Waals surface area contributed by atoms with E-state index >= 15 is 0 Å². The molecule has 0 saturated carbocycles. The fourth-order valence-electron chi connectivity index (χ4n) is 2.44. The lowest BCUT2D eigenvalue weighted by molar-refractivity contribution is 0.0177. The number of hydrogen-bond acceptors (Lipinski definition) is 4. The second-order valence-electron chi connectivity index (χ2n) is 5.05. The summed E-state index contributed by atoms with van der Waals surface area (Å²) < 4.78 is 33.4.